The molecule has 0 N–H and O–H groups in total. The summed E-state index contributed by atoms with van der Waals surface area (Å²) in [5.74, 6) is -0.249. The normalized spacial score (nSPS) is 15.3. The lowest BCUT2D eigenvalue weighted by Crippen LogP contribution is -2.54. The third kappa shape index (κ3) is 2.29. The van der Waals surface area contributed by atoms with Gasteiger partial charge in [-0.1, -0.05) is 0 Å². The first-order valence-corrected chi connectivity index (χ1v) is 6.70. The summed E-state index contributed by atoms with van der Waals surface area (Å²) >= 11 is 0. The number of likely N-dealkylation sites (tertiary alicyclic amines) is 1. The number of aryl methyl sites for hydroxylation is 2. The second-order valence-corrected chi connectivity index (χ2v) is 5.23. The predicted octanol–water partition coefficient (Wildman–Crippen LogP) is 0.177. The van der Waals surface area contributed by atoms with Crippen LogP contribution in [0.3, 0.4) is 0 Å². The maximum Gasteiger partial charge on any atom is 0.275 e. The lowest BCUT2D eigenvalue weighted by Gasteiger charge is -2.37. The van der Waals surface area contributed by atoms with E-state index in [-0.39, 0.29) is 23.3 Å². The van der Waals surface area contributed by atoms with Gasteiger partial charge in [-0.15, -0.1) is 0 Å². The minimum Gasteiger partial charge on any atom is -0.378 e. The molecule has 1 saturated heterocycles. The molecule has 2 aromatic heterocycles. The van der Waals surface area contributed by atoms with Gasteiger partial charge in [-0.05, 0) is 25.5 Å². The zero-order chi connectivity index (χ0) is 15.1. The Hall–Kier alpha value is -2.28. The van der Waals surface area contributed by atoms with Gasteiger partial charge in [0.05, 0.1) is 11.8 Å². The highest BCUT2D eigenvalue weighted by molar-refractivity contribution is 5.93. The van der Waals surface area contributed by atoms with E-state index in [1.54, 1.807) is 18.1 Å². The summed E-state index contributed by atoms with van der Waals surface area (Å²) in [5.41, 5.74) is 1.87. The fourth-order valence-electron chi connectivity index (χ4n) is 2.24. The number of fused-ring (bicyclic) bond motifs is 1. The molecule has 0 saturated carbocycles. The van der Waals surface area contributed by atoms with E-state index in [4.69, 9.17) is 4.74 Å². The molecule has 3 heterocycles. The second-order valence-electron chi connectivity index (χ2n) is 5.23. The molecule has 7 heteroatoms. The molecular formula is C14H16N4O3. The maximum absolute atomic E-state index is 12.3. The van der Waals surface area contributed by atoms with Crippen LogP contribution >= 0.6 is 0 Å². The summed E-state index contributed by atoms with van der Waals surface area (Å²) in [6.07, 6.45) is 0.0714. The van der Waals surface area contributed by atoms with Crippen molar-refractivity contribution in [2.45, 2.75) is 20.0 Å². The SMILES string of the molecule is COC1CN(C(=O)c2cc(=O)n3nc(C)c(C)cc3n2)C1. The van der Waals surface area contributed by atoms with Gasteiger partial charge in [0.2, 0.25) is 0 Å². The molecule has 0 aromatic carbocycles. The Balaban J connectivity index is 1.99. The van der Waals surface area contributed by atoms with E-state index in [0.29, 0.717) is 18.7 Å². The van der Waals surface area contributed by atoms with E-state index >= 15 is 0 Å². The van der Waals surface area contributed by atoms with E-state index in [1.807, 2.05) is 13.8 Å². The van der Waals surface area contributed by atoms with Crippen LogP contribution in [-0.4, -0.2) is 51.7 Å². The number of hydrogen-bond donors (Lipinski definition) is 0. The first-order chi connectivity index (χ1) is 9.99. The summed E-state index contributed by atoms with van der Waals surface area (Å²) < 4.78 is 6.35. The third-order valence-corrected chi connectivity index (χ3v) is 3.77. The quantitative estimate of drug-likeness (QED) is 0.787. The summed E-state index contributed by atoms with van der Waals surface area (Å²) in [5, 5.41) is 4.18. The molecular weight excluding hydrogens is 272 g/mol. The van der Waals surface area contributed by atoms with Crippen LogP contribution in [0.25, 0.3) is 5.65 Å². The van der Waals surface area contributed by atoms with Crippen molar-refractivity contribution in [2.24, 2.45) is 0 Å². The highest BCUT2D eigenvalue weighted by Gasteiger charge is 2.32. The molecule has 3 rings (SSSR count). The molecule has 0 bridgehead atoms. The highest BCUT2D eigenvalue weighted by Crippen LogP contribution is 2.14. The Bertz CT molecular complexity index is 778. The van der Waals surface area contributed by atoms with Gasteiger partial charge in [-0.25, -0.2) is 4.98 Å². The highest BCUT2D eigenvalue weighted by atomic mass is 16.5. The zero-order valence-electron chi connectivity index (χ0n) is 12.2. The first-order valence-electron chi connectivity index (χ1n) is 6.70. The van der Waals surface area contributed by atoms with Gasteiger partial charge in [-0.2, -0.15) is 9.61 Å². The second kappa shape index (κ2) is 4.92. The summed E-state index contributed by atoms with van der Waals surface area (Å²) in [6.45, 7) is 4.77. The monoisotopic (exact) mass is 288 g/mol. The first kappa shape index (κ1) is 13.7. The molecule has 0 radical (unpaired) electrons. The molecule has 110 valence electrons. The van der Waals surface area contributed by atoms with Crippen molar-refractivity contribution in [3.05, 3.63) is 39.4 Å². The summed E-state index contributed by atoms with van der Waals surface area (Å²) in [6, 6.07) is 2.99. The fourth-order valence-corrected chi connectivity index (χ4v) is 2.24. The van der Waals surface area contributed by atoms with Crippen LogP contribution in [0.2, 0.25) is 0 Å². The fraction of sp³-hybridized carbons (Fsp3) is 0.429. The lowest BCUT2D eigenvalue weighted by molar-refractivity contribution is -0.0194. The van der Waals surface area contributed by atoms with Crippen molar-refractivity contribution >= 4 is 11.6 Å². The van der Waals surface area contributed by atoms with Crippen molar-refractivity contribution in [1.29, 1.82) is 0 Å². The Labute approximate surface area is 121 Å². The van der Waals surface area contributed by atoms with E-state index in [1.165, 1.54) is 10.6 Å². The number of carbonyl (C=O) groups excluding carboxylic acids is 1. The van der Waals surface area contributed by atoms with Crippen LogP contribution in [0.5, 0.6) is 0 Å². The Morgan fingerprint density at radius 3 is 2.71 bits per heavy atom. The number of hydrogen-bond acceptors (Lipinski definition) is 5. The topological polar surface area (TPSA) is 76.8 Å². The summed E-state index contributed by atoms with van der Waals surface area (Å²) in [7, 11) is 1.62. The Morgan fingerprint density at radius 2 is 2.05 bits per heavy atom. The molecule has 1 fully saturated rings. The standard InChI is InChI=1S/C14H16N4O3/c1-8-4-12-15-11(5-13(19)18(12)16-9(8)2)14(20)17-6-10(7-17)21-3/h4-5,10H,6-7H2,1-3H3. The minimum absolute atomic E-state index is 0.0714. The molecule has 2 aromatic rings. The van der Waals surface area contributed by atoms with Crippen LogP contribution in [0, 0.1) is 13.8 Å². The third-order valence-electron chi connectivity index (χ3n) is 3.77. The van der Waals surface area contributed by atoms with Crippen LogP contribution in [0.15, 0.2) is 16.9 Å². The molecule has 0 atom stereocenters. The number of carbonyl (C=O) groups is 1. The van der Waals surface area contributed by atoms with Crippen LogP contribution in [-0.2, 0) is 4.74 Å². The van der Waals surface area contributed by atoms with Gasteiger partial charge < -0.3 is 9.64 Å². The number of methoxy groups -OCH3 is 1. The number of aromatic nitrogens is 3. The molecule has 7 nitrogen and oxygen atoms in total. The Kier molecular flexibility index (Phi) is 3.21. The van der Waals surface area contributed by atoms with E-state index in [0.717, 1.165) is 11.3 Å². The average molecular weight is 288 g/mol. The van der Waals surface area contributed by atoms with Crippen molar-refractivity contribution < 1.29 is 9.53 Å². The largest absolute Gasteiger partial charge is 0.378 e. The molecule has 21 heavy (non-hydrogen) atoms. The van der Waals surface area contributed by atoms with Crippen molar-refractivity contribution in [3.63, 3.8) is 0 Å². The minimum atomic E-state index is -0.352. The van der Waals surface area contributed by atoms with Crippen molar-refractivity contribution in [1.82, 2.24) is 19.5 Å². The smallest absolute Gasteiger partial charge is 0.275 e. The van der Waals surface area contributed by atoms with E-state index in [9.17, 15) is 9.59 Å². The number of nitrogens with zero attached hydrogens (tertiary/aromatic N) is 4. The molecule has 1 aliphatic rings. The summed E-state index contributed by atoms with van der Waals surface area (Å²) in [4.78, 5) is 30.2. The van der Waals surface area contributed by atoms with Crippen LogP contribution in [0.1, 0.15) is 21.7 Å². The van der Waals surface area contributed by atoms with E-state index in [2.05, 4.69) is 10.1 Å². The molecule has 0 unspecified atom stereocenters. The molecule has 0 aliphatic carbocycles. The lowest BCUT2D eigenvalue weighted by atomic mass is 10.1. The number of ether oxygens (including phenoxy) is 1. The average Bonchev–Trinajstić information content (AvgIpc) is 2.39. The van der Waals surface area contributed by atoms with Crippen LogP contribution in [0.4, 0.5) is 0 Å². The van der Waals surface area contributed by atoms with Gasteiger partial charge in [0.25, 0.3) is 11.5 Å². The van der Waals surface area contributed by atoms with Gasteiger partial charge in [-0.3, -0.25) is 9.59 Å². The van der Waals surface area contributed by atoms with Gasteiger partial charge >= 0.3 is 0 Å². The number of amides is 1. The van der Waals surface area contributed by atoms with Gasteiger partial charge in [0.15, 0.2) is 5.65 Å². The molecule has 1 aliphatic heterocycles. The van der Waals surface area contributed by atoms with Crippen molar-refractivity contribution in [2.75, 3.05) is 20.2 Å². The predicted molar refractivity (Wildman–Crippen MR) is 75.4 cm³/mol. The number of rotatable bonds is 2. The van der Waals surface area contributed by atoms with E-state index < -0.39 is 0 Å². The molecule has 1 amide bonds. The van der Waals surface area contributed by atoms with Gasteiger partial charge in [0.1, 0.15) is 5.69 Å². The van der Waals surface area contributed by atoms with Gasteiger partial charge in [0, 0.05) is 26.3 Å². The molecule has 0 spiro atoms. The Morgan fingerprint density at radius 1 is 1.33 bits per heavy atom. The maximum atomic E-state index is 12.3. The zero-order valence-corrected chi connectivity index (χ0v) is 12.2. The van der Waals surface area contributed by atoms with Crippen LogP contribution < -0.4 is 5.56 Å². The van der Waals surface area contributed by atoms with Crippen molar-refractivity contribution in [3.8, 4) is 0 Å².